The highest BCUT2D eigenvalue weighted by Crippen LogP contribution is 2.30. The molecular formula is C13H22BrNO3S. The Labute approximate surface area is 124 Å². The Morgan fingerprint density at radius 3 is 2.37 bits per heavy atom. The van der Waals surface area contributed by atoms with Crippen LogP contribution in [0.15, 0.2) is 0 Å². The molecular weight excluding hydrogens is 330 g/mol. The summed E-state index contributed by atoms with van der Waals surface area (Å²) in [5.41, 5.74) is 0. The molecule has 6 heteroatoms. The zero-order valence-electron chi connectivity index (χ0n) is 11.3. The van der Waals surface area contributed by atoms with Crippen molar-refractivity contribution >= 4 is 31.7 Å². The number of carbonyl (C=O) groups excluding carboxylic acids is 1. The summed E-state index contributed by atoms with van der Waals surface area (Å²) >= 11 is 3.63. The highest BCUT2D eigenvalue weighted by Gasteiger charge is 2.39. The molecule has 2 aliphatic rings. The maximum absolute atomic E-state index is 12.5. The largest absolute Gasteiger partial charge is 0.341 e. The lowest BCUT2D eigenvalue weighted by Crippen LogP contribution is -2.50. The molecule has 0 bridgehead atoms. The SMILES string of the molecule is CN(C(=O)C1CCCCS1(=O)=O)C1CCCCC1Br. The number of hydrogen-bond acceptors (Lipinski definition) is 3. The number of nitrogens with zero attached hydrogens (tertiary/aromatic N) is 1. The van der Waals surface area contributed by atoms with Crippen LogP contribution in [0.2, 0.25) is 0 Å². The molecule has 0 N–H and O–H groups in total. The molecule has 0 aromatic carbocycles. The Morgan fingerprint density at radius 2 is 1.74 bits per heavy atom. The number of halogens is 1. The van der Waals surface area contributed by atoms with E-state index in [4.69, 9.17) is 0 Å². The molecule has 1 heterocycles. The normalized spacial score (nSPS) is 34.7. The van der Waals surface area contributed by atoms with Crippen LogP contribution in [0.5, 0.6) is 0 Å². The van der Waals surface area contributed by atoms with Gasteiger partial charge in [-0.2, -0.15) is 0 Å². The molecule has 2 rings (SSSR count). The second-order valence-electron chi connectivity index (χ2n) is 5.67. The van der Waals surface area contributed by atoms with Gasteiger partial charge in [0, 0.05) is 17.9 Å². The Balaban J connectivity index is 2.09. The van der Waals surface area contributed by atoms with Crippen LogP contribution in [0.3, 0.4) is 0 Å². The predicted octanol–water partition coefficient (Wildman–Crippen LogP) is 2.12. The maximum atomic E-state index is 12.5. The third-order valence-electron chi connectivity index (χ3n) is 4.35. The third kappa shape index (κ3) is 3.32. The summed E-state index contributed by atoms with van der Waals surface area (Å²) in [6.07, 6.45) is 6.33. The van der Waals surface area contributed by atoms with Gasteiger partial charge in [-0.05, 0) is 25.7 Å². The van der Waals surface area contributed by atoms with Gasteiger partial charge >= 0.3 is 0 Å². The van der Waals surface area contributed by atoms with Crippen molar-refractivity contribution in [1.29, 1.82) is 0 Å². The molecule has 0 spiro atoms. The number of amides is 1. The van der Waals surface area contributed by atoms with Crippen LogP contribution in [0.1, 0.15) is 44.9 Å². The van der Waals surface area contributed by atoms with Crippen LogP contribution in [-0.4, -0.2) is 48.1 Å². The standard InChI is InChI=1S/C13H22BrNO3S/c1-15(11-7-3-2-6-10(11)14)13(16)12-8-4-5-9-19(12,17)18/h10-12H,2-9H2,1H3. The van der Waals surface area contributed by atoms with Crippen LogP contribution in [0.25, 0.3) is 0 Å². The molecule has 4 nitrogen and oxygen atoms in total. The van der Waals surface area contributed by atoms with Gasteiger partial charge < -0.3 is 4.90 Å². The fraction of sp³-hybridized carbons (Fsp3) is 0.923. The third-order valence-corrected chi connectivity index (χ3v) is 7.58. The van der Waals surface area contributed by atoms with Gasteiger partial charge in [0.15, 0.2) is 9.84 Å². The van der Waals surface area contributed by atoms with E-state index in [1.54, 1.807) is 11.9 Å². The van der Waals surface area contributed by atoms with Crippen molar-refractivity contribution in [2.45, 2.75) is 61.1 Å². The van der Waals surface area contributed by atoms with E-state index in [1.165, 1.54) is 6.42 Å². The average Bonchev–Trinajstić information content (AvgIpc) is 2.37. The Hall–Kier alpha value is -0.100. The quantitative estimate of drug-likeness (QED) is 0.716. The first kappa shape index (κ1) is 15.3. The van der Waals surface area contributed by atoms with Crippen molar-refractivity contribution in [3.8, 4) is 0 Å². The van der Waals surface area contributed by atoms with Crippen LogP contribution in [0, 0.1) is 0 Å². The molecule has 0 aromatic rings. The van der Waals surface area contributed by atoms with Gasteiger partial charge in [-0.15, -0.1) is 0 Å². The minimum atomic E-state index is -3.23. The summed E-state index contributed by atoms with van der Waals surface area (Å²) in [5, 5.41) is -0.798. The predicted molar refractivity (Wildman–Crippen MR) is 79.2 cm³/mol. The lowest BCUT2D eigenvalue weighted by Gasteiger charge is -2.37. The molecule has 2 fully saturated rings. The highest BCUT2D eigenvalue weighted by molar-refractivity contribution is 9.09. The van der Waals surface area contributed by atoms with Gasteiger partial charge in [-0.3, -0.25) is 4.79 Å². The minimum absolute atomic E-state index is 0.137. The number of carbonyl (C=O) groups is 1. The molecule has 1 saturated heterocycles. The monoisotopic (exact) mass is 351 g/mol. The maximum Gasteiger partial charge on any atom is 0.240 e. The molecule has 3 unspecified atom stereocenters. The molecule has 0 aromatic heterocycles. The molecule has 1 aliphatic carbocycles. The van der Waals surface area contributed by atoms with Gasteiger partial charge in [0.25, 0.3) is 0 Å². The summed E-state index contributed by atoms with van der Waals surface area (Å²) in [6.45, 7) is 0. The summed E-state index contributed by atoms with van der Waals surface area (Å²) < 4.78 is 24.1. The van der Waals surface area contributed by atoms with E-state index < -0.39 is 15.1 Å². The van der Waals surface area contributed by atoms with Crippen LogP contribution in [0.4, 0.5) is 0 Å². The molecule has 1 saturated carbocycles. The average molecular weight is 352 g/mol. The Kier molecular flexibility index (Phi) is 4.93. The van der Waals surface area contributed by atoms with Gasteiger partial charge in [0.05, 0.1) is 5.75 Å². The summed E-state index contributed by atoms with van der Waals surface area (Å²) in [5.74, 6) is -0.0318. The first-order chi connectivity index (χ1) is 8.93. The number of sulfone groups is 1. The number of alkyl halides is 1. The van der Waals surface area contributed by atoms with Gasteiger partial charge in [0.1, 0.15) is 5.25 Å². The van der Waals surface area contributed by atoms with Crippen molar-refractivity contribution < 1.29 is 13.2 Å². The van der Waals surface area contributed by atoms with E-state index in [2.05, 4.69) is 15.9 Å². The van der Waals surface area contributed by atoms with E-state index in [0.717, 1.165) is 25.7 Å². The minimum Gasteiger partial charge on any atom is -0.341 e. The first-order valence-electron chi connectivity index (χ1n) is 7.06. The van der Waals surface area contributed by atoms with E-state index in [1.807, 2.05) is 0 Å². The van der Waals surface area contributed by atoms with E-state index in [9.17, 15) is 13.2 Å². The summed E-state index contributed by atoms with van der Waals surface area (Å²) in [4.78, 5) is 14.5. The van der Waals surface area contributed by atoms with Crippen molar-refractivity contribution in [2.75, 3.05) is 12.8 Å². The van der Waals surface area contributed by atoms with E-state index in [-0.39, 0.29) is 17.7 Å². The fourth-order valence-corrected chi connectivity index (χ4v) is 5.96. The van der Waals surface area contributed by atoms with Gasteiger partial charge in [0.2, 0.25) is 5.91 Å². The molecule has 19 heavy (non-hydrogen) atoms. The van der Waals surface area contributed by atoms with Crippen molar-refractivity contribution in [3.63, 3.8) is 0 Å². The first-order valence-corrected chi connectivity index (χ1v) is 9.69. The summed E-state index contributed by atoms with van der Waals surface area (Å²) in [6, 6.07) is 0.137. The second-order valence-corrected chi connectivity index (χ2v) is 9.15. The zero-order valence-corrected chi connectivity index (χ0v) is 13.7. The van der Waals surface area contributed by atoms with E-state index >= 15 is 0 Å². The smallest absolute Gasteiger partial charge is 0.240 e. The molecule has 110 valence electrons. The number of rotatable bonds is 2. The van der Waals surface area contributed by atoms with E-state index in [0.29, 0.717) is 17.7 Å². The van der Waals surface area contributed by atoms with Crippen molar-refractivity contribution in [3.05, 3.63) is 0 Å². The molecule has 0 radical (unpaired) electrons. The lowest BCUT2D eigenvalue weighted by atomic mass is 9.94. The zero-order chi connectivity index (χ0) is 14.0. The van der Waals surface area contributed by atoms with Crippen LogP contribution in [-0.2, 0) is 14.6 Å². The molecule has 3 atom stereocenters. The number of hydrogen-bond donors (Lipinski definition) is 0. The van der Waals surface area contributed by atoms with Gasteiger partial charge in [-0.25, -0.2) is 8.42 Å². The molecule has 1 amide bonds. The Bertz CT molecular complexity index is 437. The van der Waals surface area contributed by atoms with Crippen LogP contribution >= 0.6 is 15.9 Å². The summed E-state index contributed by atoms with van der Waals surface area (Å²) in [7, 11) is -1.47. The van der Waals surface area contributed by atoms with Crippen molar-refractivity contribution in [2.24, 2.45) is 0 Å². The fourth-order valence-electron chi connectivity index (χ4n) is 3.12. The lowest BCUT2D eigenvalue weighted by molar-refractivity contribution is -0.132. The Morgan fingerprint density at radius 1 is 1.11 bits per heavy atom. The topological polar surface area (TPSA) is 54.5 Å². The van der Waals surface area contributed by atoms with Crippen LogP contribution < -0.4 is 0 Å². The van der Waals surface area contributed by atoms with Crippen molar-refractivity contribution in [1.82, 2.24) is 4.90 Å². The highest BCUT2D eigenvalue weighted by atomic mass is 79.9. The molecule has 1 aliphatic heterocycles. The van der Waals surface area contributed by atoms with Gasteiger partial charge in [-0.1, -0.05) is 35.2 Å². The second kappa shape index (κ2) is 6.12.